The van der Waals surface area contributed by atoms with Crippen molar-refractivity contribution in [3.8, 4) is 0 Å². The van der Waals surface area contributed by atoms with E-state index in [-0.39, 0.29) is 0 Å². The molecule has 3 rings (SSSR count). The molecule has 6 heteroatoms. The Morgan fingerprint density at radius 1 is 1.29 bits per heavy atom. The van der Waals surface area contributed by atoms with Crippen LogP contribution >= 0.6 is 0 Å². The summed E-state index contributed by atoms with van der Waals surface area (Å²) in [4.78, 5) is 0. The summed E-state index contributed by atoms with van der Waals surface area (Å²) >= 11 is 0. The third-order valence-corrected chi connectivity index (χ3v) is 4.38. The Morgan fingerprint density at radius 2 is 2.10 bits per heavy atom. The molecule has 114 valence electrons. The molecule has 0 spiro atoms. The van der Waals surface area contributed by atoms with Crippen molar-refractivity contribution in [2.24, 2.45) is 0 Å². The van der Waals surface area contributed by atoms with E-state index >= 15 is 0 Å². The van der Waals surface area contributed by atoms with E-state index in [0.717, 1.165) is 31.1 Å². The van der Waals surface area contributed by atoms with Crippen molar-refractivity contribution in [1.29, 1.82) is 0 Å². The van der Waals surface area contributed by atoms with Crippen molar-refractivity contribution in [3.05, 3.63) is 22.8 Å². The van der Waals surface area contributed by atoms with Gasteiger partial charge in [-0.2, -0.15) is 5.10 Å². The molecule has 2 heterocycles. The van der Waals surface area contributed by atoms with E-state index in [9.17, 15) is 0 Å². The van der Waals surface area contributed by atoms with Crippen LogP contribution in [-0.4, -0.2) is 26.5 Å². The minimum absolute atomic E-state index is 0.486. The molecule has 1 saturated carbocycles. The Bertz CT molecular complexity index is 612. The maximum atomic E-state index is 5.66. The zero-order valence-electron chi connectivity index (χ0n) is 13.0. The van der Waals surface area contributed by atoms with Gasteiger partial charge >= 0.3 is 6.01 Å². The molecule has 21 heavy (non-hydrogen) atoms. The molecule has 2 aromatic heterocycles. The largest absolute Gasteiger partial charge is 0.408 e. The lowest BCUT2D eigenvalue weighted by atomic mass is 9.85. The van der Waals surface area contributed by atoms with E-state index in [4.69, 9.17) is 4.42 Å². The van der Waals surface area contributed by atoms with Gasteiger partial charge in [-0.1, -0.05) is 11.5 Å². The number of nitrogens with zero attached hydrogens (tertiary/aromatic N) is 4. The highest BCUT2D eigenvalue weighted by Crippen LogP contribution is 2.35. The van der Waals surface area contributed by atoms with Crippen LogP contribution in [0.1, 0.15) is 54.9 Å². The fourth-order valence-electron chi connectivity index (χ4n) is 2.82. The second-order valence-electron chi connectivity index (χ2n) is 5.72. The summed E-state index contributed by atoms with van der Waals surface area (Å²) in [6.45, 7) is 8.00. The van der Waals surface area contributed by atoms with E-state index in [1.54, 1.807) is 0 Å². The van der Waals surface area contributed by atoms with E-state index in [1.165, 1.54) is 30.5 Å². The fourth-order valence-corrected chi connectivity index (χ4v) is 2.82. The summed E-state index contributed by atoms with van der Waals surface area (Å²) in [5.41, 5.74) is 3.66. The molecule has 1 fully saturated rings. The molecule has 6 nitrogen and oxygen atoms in total. The molecular weight excluding hydrogens is 266 g/mol. The van der Waals surface area contributed by atoms with Gasteiger partial charge in [-0.25, -0.2) is 0 Å². The van der Waals surface area contributed by atoms with Crippen molar-refractivity contribution in [2.75, 3.05) is 11.9 Å². The maximum Gasteiger partial charge on any atom is 0.315 e. The minimum Gasteiger partial charge on any atom is -0.408 e. The first-order valence-electron chi connectivity index (χ1n) is 7.79. The number of hydrogen-bond donors (Lipinski definition) is 1. The molecule has 1 aliphatic rings. The van der Waals surface area contributed by atoms with Crippen LogP contribution in [0.25, 0.3) is 0 Å². The summed E-state index contributed by atoms with van der Waals surface area (Å²) in [5, 5.41) is 15.9. The van der Waals surface area contributed by atoms with Gasteiger partial charge in [-0.15, -0.1) is 5.10 Å². The summed E-state index contributed by atoms with van der Waals surface area (Å²) in [6, 6.07) is 0.537. The van der Waals surface area contributed by atoms with Gasteiger partial charge in [-0.3, -0.25) is 4.68 Å². The standard InChI is InChI=1S/C15H23N5O/c1-4-20-11(3)13(10(2)19-20)8-9-16-15-18-17-14(21-15)12-6-5-7-12/h12H,4-9H2,1-3H3,(H,16,18). The number of aryl methyl sites for hydroxylation is 2. The monoisotopic (exact) mass is 289 g/mol. The van der Waals surface area contributed by atoms with Gasteiger partial charge in [0.25, 0.3) is 0 Å². The Labute approximate surface area is 124 Å². The smallest absolute Gasteiger partial charge is 0.315 e. The first-order chi connectivity index (χ1) is 10.2. The third-order valence-electron chi connectivity index (χ3n) is 4.38. The lowest BCUT2D eigenvalue weighted by Gasteiger charge is -2.20. The molecule has 0 unspecified atom stereocenters. The lowest BCUT2D eigenvalue weighted by molar-refractivity contribution is 0.338. The van der Waals surface area contributed by atoms with E-state index in [1.807, 2.05) is 4.68 Å². The van der Waals surface area contributed by atoms with Gasteiger partial charge < -0.3 is 9.73 Å². The van der Waals surface area contributed by atoms with Gasteiger partial charge in [0.2, 0.25) is 5.89 Å². The van der Waals surface area contributed by atoms with Crippen LogP contribution in [-0.2, 0) is 13.0 Å². The van der Waals surface area contributed by atoms with Crippen molar-refractivity contribution in [2.45, 2.75) is 58.9 Å². The maximum absolute atomic E-state index is 5.66. The average molecular weight is 289 g/mol. The summed E-state index contributed by atoms with van der Waals surface area (Å²) in [7, 11) is 0. The molecule has 0 aliphatic heterocycles. The van der Waals surface area contributed by atoms with Crippen molar-refractivity contribution in [3.63, 3.8) is 0 Å². The second-order valence-corrected chi connectivity index (χ2v) is 5.72. The Kier molecular flexibility index (Phi) is 3.94. The third kappa shape index (κ3) is 2.80. The van der Waals surface area contributed by atoms with E-state index in [0.29, 0.717) is 11.9 Å². The van der Waals surface area contributed by atoms with Gasteiger partial charge in [0, 0.05) is 24.7 Å². The van der Waals surface area contributed by atoms with Gasteiger partial charge in [0.05, 0.1) is 5.69 Å². The van der Waals surface area contributed by atoms with Crippen LogP contribution in [0.15, 0.2) is 4.42 Å². The quantitative estimate of drug-likeness (QED) is 0.885. The molecule has 0 atom stereocenters. The lowest BCUT2D eigenvalue weighted by Crippen LogP contribution is -2.08. The number of rotatable bonds is 6. The SMILES string of the molecule is CCn1nc(C)c(CCNc2nnc(C3CCC3)o2)c1C. The molecule has 0 aromatic carbocycles. The number of nitrogens with one attached hydrogen (secondary N) is 1. The van der Waals surface area contributed by atoms with Gasteiger partial charge in [-0.05, 0) is 45.6 Å². The van der Waals surface area contributed by atoms with Crippen LogP contribution in [0.2, 0.25) is 0 Å². The van der Waals surface area contributed by atoms with Crippen LogP contribution in [0.4, 0.5) is 6.01 Å². The van der Waals surface area contributed by atoms with Crippen molar-refractivity contribution in [1.82, 2.24) is 20.0 Å². The molecule has 1 N–H and O–H groups in total. The molecular formula is C15H23N5O. The molecule has 0 radical (unpaired) electrons. The highest BCUT2D eigenvalue weighted by Gasteiger charge is 2.25. The number of anilines is 1. The van der Waals surface area contributed by atoms with Crippen LogP contribution in [0.5, 0.6) is 0 Å². The van der Waals surface area contributed by atoms with Crippen molar-refractivity contribution >= 4 is 6.01 Å². The molecule has 2 aromatic rings. The van der Waals surface area contributed by atoms with Crippen LogP contribution < -0.4 is 5.32 Å². The molecule has 0 bridgehead atoms. The number of hydrogen-bond acceptors (Lipinski definition) is 5. The average Bonchev–Trinajstić information content (AvgIpc) is 2.96. The normalized spacial score (nSPS) is 15.2. The summed E-state index contributed by atoms with van der Waals surface area (Å²) in [6.07, 6.45) is 4.54. The zero-order valence-corrected chi connectivity index (χ0v) is 13.0. The van der Waals surface area contributed by atoms with Gasteiger partial charge in [0.15, 0.2) is 0 Å². The minimum atomic E-state index is 0.486. The first kappa shape index (κ1) is 14.1. The van der Waals surface area contributed by atoms with Crippen LogP contribution in [0, 0.1) is 13.8 Å². The predicted octanol–water partition coefficient (Wildman–Crippen LogP) is 2.82. The summed E-state index contributed by atoms with van der Waals surface area (Å²) in [5.74, 6) is 1.27. The fraction of sp³-hybridized carbons (Fsp3) is 0.667. The van der Waals surface area contributed by atoms with E-state index in [2.05, 4.69) is 41.4 Å². The van der Waals surface area contributed by atoms with E-state index < -0.39 is 0 Å². The molecule has 0 saturated heterocycles. The van der Waals surface area contributed by atoms with Crippen LogP contribution in [0.3, 0.4) is 0 Å². The molecule has 0 amide bonds. The Balaban J connectivity index is 1.56. The first-order valence-corrected chi connectivity index (χ1v) is 7.79. The highest BCUT2D eigenvalue weighted by molar-refractivity contribution is 5.27. The zero-order chi connectivity index (χ0) is 14.8. The second kappa shape index (κ2) is 5.87. The topological polar surface area (TPSA) is 68.8 Å². The number of aromatic nitrogens is 4. The Hall–Kier alpha value is -1.85. The van der Waals surface area contributed by atoms with Gasteiger partial charge in [0.1, 0.15) is 0 Å². The summed E-state index contributed by atoms with van der Waals surface area (Å²) < 4.78 is 7.71. The molecule has 1 aliphatic carbocycles. The highest BCUT2D eigenvalue weighted by atomic mass is 16.4. The predicted molar refractivity (Wildman–Crippen MR) is 80.5 cm³/mol. The van der Waals surface area contributed by atoms with Crippen molar-refractivity contribution < 1.29 is 4.42 Å². The Morgan fingerprint density at radius 3 is 2.71 bits per heavy atom.